The van der Waals surface area contributed by atoms with Gasteiger partial charge in [-0.15, -0.1) is 0 Å². The second-order valence-corrected chi connectivity index (χ2v) is 4.06. The molecule has 0 radical (unpaired) electrons. The van der Waals surface area contributed by atoms with Crippen molar-refractivity contribution < 1.29 is 14.9 Å². The number of ether oxygens (including phenoxy) is 1. The van der Waals surface area contributed by atoms with Crippen LogP contribution in [0.5, 0.6) is 0 Å². The summed E-state index contributed by atoms with van der Waals surface area (Å²) < 4.78 is 5.20. The minimum Gasteiger partial charge on any atom is -0.395 e. The van der Waals surface area contributed by atoms with Crippen molar-refractivity contribution in [1.29, 1.82) is 0 Å². The minimum absolute atomic E-state index is 0.0701. The van der Waals surface area contributed by atoms with Crippen molar-refractivity contribution in [2.45, 2.75) is 6.42 Å². The molecule has 0 bridgehead atoms. The fourth-order valence-corrected chi connectivity index (χ4v) is 1.45. The fourth-order valence-electron chi connectivity index (χ4n) is 1.45. The molecule has 0 fully saturated rings. The minimum atomic E-state index is 0.0701. The third-order valence-electron chi connectivity index (χ3n) is 2.28. The largest absolute Gasteiger partial charge is 0.395 e. The first-order valence-corrected chi connectivity index (χ1v) is 5.87. The highest BCUT2D eigenvalue weighted by molar-refractivity contribution is 4.58. The molecule has 0 aromatic heterocycles. The van der Waals surface area contributed by atoms with Gasteiger partial charge in [0.1, 0.15) is 0 Å². The molecule has 16 heavy (non-hydrogen) atoms. The molecule has 0 aromatic rings. The molecule has 98 valence electrons. The number of hydrogen-bond acceptors (Lipinski definition) is 5. The number of hydrogen-bond donors (Lipinski definition) is 2. The van der Waals surface area contributed by atoms with E-state index in [0.717, 1.165) is 26.1 Å². The van der Waals surface area contributed by atoms with Crippen molar-refractivity contribution in [2.24, 2.45) is 0 Å². The van der Waals surface area contributed by atoms with Gasteiger partial charge in [-0.1, -0.05) is 0 Å². The first-order chi connectivity index (χ1) is 7.70. The predicted octanol–water partition coefficient (Wildman–Crippen LogP) is -0.759. The van der Waals surface area contributed by atoms with E-state index < -0.39 is 0 Å². The van der Waals surface area contributed by atoms with Crippen LogP contribution in [0.3, 0.4) is 0 Å². The molecule has 0 unspecified atom stereocenters. The highest BCUT2D eigenvalue weighted by atomic mass is 16.5. The monoisotopic (exact) mass is 234 g/mol. The Labute approximate surface area is 98.6 Å². The van der Waals surface area contributed by atoms with E-state index in [1.54, 1.807) is 0 Å². The van der Waals surface area contributed by atoms with Crippen LogP contribution < -0.4 is 0 Å². The van der Waals surface area contributed by atoms with Crippen LogP contribution in [0.25, 0.3) is 0 Å². The van der Waals surface area contributed by atoms with Crippen molar-refractivity contribution in [3.63, 3.8) is 0 Å². The van der Waals surface area contributed by atoms with E-state index in [2.05, 4.69) is 23.9 Å². The van der Waals surface area contributed by atoms with Gasteiger partial charge in [-0.2, -0.15) is 0 Å². The van der Waals surface area contributed by atoms with Crippen LogP contribution in [0.4, 0.5) is 0 Å². The lowest BCUT2D eigenvalue weighted by molar-refractivity contribution is 0.0686. The summed E-state index contributed by atoms with van der Waals surface area (Å²) in [6.45, 7) is 4.79. The van der Waals surface area contributed by atoms with Gasteiger partial charge in [-0.05, 0) is 33.6 Å². The zero-order valence-corrected chi connectivity index (χ0v) is 10.6. The zero-order chi connectivity index (χ0) is 12.2. The van der Waals surface area contributed by atoms with E-state index in [0.29, 0.717) is 19.8 Å². The summed E-state index contributed by atoms with van der Waals surface area (Å²) in [4.78, 5) is 4.33. The molecule has 0 aliphatic carbocycles. The van der Waals surface area contributed by atoms with Crippen LogP contribution in [0.1, 0.15) is 6.42 Å². The number of nitrogens with zero attached hydrogens (tertiary/aromatic N) is 2. The predicted molar refractivity (Wildman–Crippen MR) is 64.6 cm³/mol. The quantitative estimate of drug-likeness (QED) is 0.460. The van der Waals surface area contributed by atoms with E-state index in [1.165, 1.54) is 0 Å². The fraction of sp³-hybridized carbons (Fsp3) is 1.00. The Kier molecular flexibility index (Phi) is 11.1. The van der Waals surface area contributed by atoms with Crippen LogP contribution >= 0.6 is 0 Å². The maximum absolute atomic E-state index is 8.91. The Bertz CT molecular complexity index is 145. The third-order valence-corrected chi connectivity index (χ3v) is 2.28. The molecule has 0 spiro atoms. The Hall–Kier alpha value is -0.200. The smallest absolute Gasteiger partial charge is 0.0698 e. The molecule has 5 heteroatoms. The lowest BCUT2D eigenvalue weighted by atomic mass is 10.3. The third kappa shape index (κ3) is 10.3. The van der Waals surface area contributed by atoms with Crippen molar-refractivity contribution in [1.82, 2.24) is 9.80 Å². The summed E-state index contributed by atoms with van der Waals surface area (Å²) in [5.74, 6) is 0. The zero-order valence-electron chi connectivity index (χ0n) is 10.6. The summed E-state index contributed by atoms with van der Waals surface area (Å²) in [5.41, 5.74) is 0. The lowest BCUT2D eigenvalue weighted by Gasteiger charge is -2.22. The van der Waals surface area contributed by atoms with Gasteiger partial charge in [0.2, 0.25) is 0 Å². The molecule has 2 N–H and O–H groups in total. The molecule has 0 atom stereocenters. The van der Waals surface area contributed by atoms with Gasteiger partial charge < -0.3 is 19.8 Å². The van der Waals surface area contributed by atoms with Crippen molar-refractivity contribution >= 4 is 0 Å². The normalized spacial score (nSPS) is 11.6. The van der Waals surface area contributed by atoms with Crippen LogP contribution in [0, 0.1) is 0 Å². The molecule has 0 aromatic carbocycles. The van der Waals surface area contributed by atoms with Crippen LogP contribution in [0.15, 0.2) is 0 Å². The summed E-state index contributed by atoms with van der Waals surface area (Å²) in [6, 6.07) is 0. The van der Waals surface area contributed by atoms with Crippen molar-refractivity contribution in [3.05, 3.63) is 0 Å². The molecule has 5 nitrogen and oxygen atoms in total. The molecule has 0 rings (SSSR count). The molecule has 0 aliphatic heterocycles. The van der Waals surface area contributed by atoms with Crippen molar-refractivity contribution in [3.8, 4) is 0 Å². The first-order valence-electron chi connectivity index (χ1n) is 5.87. The second-order valence-electron chi connectivity index (χ2n) is 4.06. The molecular formula is C11H26N2O3. The molecule has 0 amide bonds. The van der Waals surface area contributed by atoms with E-state index in [1.807, 2.05) is 0 Å². The summed E-state index contributed by atoms with van der Waals surface area (Å²) in [6.07, 6.45) is 1.09. The number of rotatable bonds is 11. The average molecular weight is 234 g/mol. The van der Waals surface area contributed by atoms with Gasteiger partial charge >= 0.3 is 0 Å². The van der Waals surface area contributed by atoms with Gasteiger partial charge in [0.15, 0.2) is 0 Å². The molecular weight excluding hydrogens is 208 g/mol. The van der Waals surface area contributed by atoms with Gasteiger partial charge in [0.05, 0.1) is 26.4 Å². The summed E-state index contributed by atoms with van der Waals surface area (Å²) in [7, 11) is 4.11. The van der Waals surface area contributed by atoms with E-state index >= 15 is 0 Å². The Morgan fingerprint density at radius 1 is 0.875 bits per heavy atom. The molecule has 0 saturated carbocycles. The number of aliphatic hydroxyl groups excluding tert-OH is 2. The van der Waals surface area contributed by atoms with Gasteiger partial charge in [0, 0.05) is 13.1 Å². The molecule has 0 aliphatic rings. The van der Waals surface area contributed by atoms with Crippen LogP contribution in [-0.4, -0.2) is 86.7 Å². The van der Waals surface area contributed by atoms with Crippen molar-refractivity contribution in [2.75, 3.05) is 66.7 Å². The topological polar surface area (TPSA) is 56.2 Å². The lowest BCUT2D eigenvalue weighted by Crippen LogP contribution is -2.33. The maximum atomic E-state index is 8.91. The highest BCUT2D eigenvalue weighted by Gasteiger charge is 2.04. The van der Waals surface area contributed by atoms with Crippen LogP contribution in [0.2, 0.25) is 0 Å². The van der Waals surface area contributed by atoms with Gasteiger partial charge in [-0.3, -0.25) is 4.90 Å². The first kappa shape index (κ1) is 15.8. The second kappa shape index (κ2) is 11.3. The standard InChI is InChI=1S/C11H26N2O3/c1-12(2)4-3-5-13(6-8-14)7-10-16-11-9-15/h14-15H,3-11H2,1-2H3. The molecule has 0 heterocycles. The Morgan fingerprint density at radius 2 is 1.62 bits per heavy atom. The summed E-state index contributed by atoms with van der Waals surface area (Å²) in [5, 5.41) is 17.5. The highest BCUT2D eigenvalue weighted by Crippen LogP contribution is 1.93. The SMILES string of the molecule is CN(C)CCCN(CCO)CCOCCO. The van der Waals surface area contributed by atoms with E-state index in [4.69, 9.17) is 14.9 Å². The Morgan fingerprint density at radius 3 is 2.19 bits per heavy atom. The Balaban J connectivity index is 3.53. The van der Waals surface area contributed by atoms with E-state index in [9.17, 15) is 0 Å². The summed E-state index contributed by atoms with van der Waals surface area (Å²) >= 11 is 0. The van der Waals surface area contributed by atoms with Gasteiger partial charge in [-0.25, -0.2) is 0 Å². The maximum Gasteiger partial charge on any atom is 0.0698 e. The molecule has 0 saturated heterocycles. The van der Waals surface area contributed by atoms with E-state index in [-0.39, 0.29) is 13.2 Å². The number of aliphatic hydroxyl groups is 2. The van der Waals surface area contributed by atoms with Crippen LogP contribution in [-0.2, 0) is 4.74 Å². The average Bonchev–Trinajstić information content (AvgIpc) is 2.23. The van der Waals surface area contributed by atoms with Gasteiger partial charge in [0.25, 0.3) is 0 Å².